The third kappa shape index (κ3) is 3.32. The average Bonchev–Trinajstić information content (AvgIpc) is 2.32. The van der Waals surface area contributed by atoms with Crippen LogP contribution in [0.25, 0.3) is 0 Å². The van der Waals surface area contributed by atoms with E-state index in [4.69, 9.17) is 4.74 Å². The Morgan fingerprint density at radius 3 is 2.65 bits per heavy atom. The number of hydrogen-bond acceptors (Lipinski definition) is 3. The highest BCUT2D eigenvalue weighted by atomic mass is 16.6. The Kier molecular flexibility index (Phi) is 4.21. The Balaban J connectivity index is 1.85. The van der Waals surface area contributed by atoms with Crippen LogP contribution in [0.1, 0.15) is 45.4 Å². The van der Waals surface area contributed by atoms with E-state index < -0.39 is 6.10 Å². The zero-order valence-electron chi connectivity index (χ0n) is 10.5. The molecule has 0 heterocycles. The Morgan fingerprint density at radius 1 is 1.24 bits per heavy atom. The lowest BCUT2D eigenvalue weighted by molar-refractivity contribution is -0.156. The van der Waals surface area contributed by atoms with E-state index in [1.807, 2.05) is 0 Å². The molecule has 2 aliphatic carbocycles. The third-order valence-electron chi connectivity index (χ3n) is 4.09. The largest absolute Gasteiger partial charge is 0.460 e. The third-order valence-corrected chi connectivity index (χ3v) is 4.09. The van der Waals surface area contributed by atoms with E-state index >= 15 is 0 Å². The fourth-order valence-corrected chi connectivity index (χ4v) is 3.17. The molecule has 2 aliphatic rings. The van der Waals surface area contributed by atoms with Gasteiger partial charge in [0.05, 0.1) is 6.10 Å². The number of carbonyl (C=O) groups excluding carboxylic acids is 1. The first kappa shape index (κ1) is 12.6. The summed E-state index contributed by atoms with van der Waals surface area (Å²) in [5.41, 5.74) is 0. The van der Waals surface area contributed by atoms with E-state index in [0.717, 1.165) is 25.7 Å². The van der Waals surface area contributed by atoms with Crippen LogP contribution in [-0.2, 0) is 9.53 Å². The second-order valence-corrected chi connectivity index (χ2v) is 5.33. The molecule has 1 saturated carbocycles. The molecule has 3 nitrogen and oxygen atoms in total. The first-order valence-electron chi connectivity index (χ1n) is 6.67. The Labute approximate surface area is 103 Å². The van der Waals surface area contributed by atoms with Gasteiger partial charge in [0, 0.05) is 6.92 Å². The van der Waals surface area contributed by atoms with E-state index in [1.54, 1.807) is 0 Å². The van der Waals surface area contributed by atoms with Crippen molar-refractivity contribution in [3.05, 3.63) is 12.2 Å². The summed E-state index contributed by atoms with van der Waals surface area (Å²) < 4.78 is 5.14. The molecule has 4 unspecified atom stereocenters. The molecular weight excluding hydrogens is 216 g/mol. The lowest BCUT2D eigenvalue weighted by atomic mass is 9.73. The van der Waals surface area contributed by atoms with Gasteiger partial charge in [-0.05, 0) is 50.4 Å². The van der Waals surface area contributed by atoms with Gasteiger partial charge in [0.25, 0.3) is 0 Å². The molecule has 0 bridgehead atoms. The number of ether oxygens (including phenoxy) is 1. The molecule has 1 fully saturated rings. The fourth-order valence-electron chi connectivity index (χ4n) is 3.17. The lowest BCUT2D eigenvalue weighted by Gasteiger charge is -2.37. The molecule has 0 aromatic rings. The average molecular weight is 238 g/mol. The smallest absolute Gasteiger partial charge is 0.302 e. The number of hydrogen-bond donors (Lipinski definition) is 1. The summed E-state index contributed by atoms with van der Waals surface area (Å²) in [6.45, 7) is 1.41. The van der Waals surface area contributed by atoms with Gasteiger partial charge in [0.2, 0.25) is 0 Å². The Hall–Kier alpha value is -0.830. The summed E-state index contributed by atoms with van der Waals surface area (Å²) in [7, 11) is 0. The van der Waals surface area contributed by atoms with Crippen molar-refractivity contribution in [2.75, 3.05) is 0 Å². The monoisotopic (exact) mass is 238 g/mol. The summed E-state index contributed by atoms with van der Waals surface area (Å²) in [6.07, 6.45) is 10.0. The van der Waals surface area contributed by atoms with E-state index in [0.29, 0.717) is 11.8 Å². The topological polar surface area (TPSA) is 46.5 Å². The van der Waals surface area contributed by atoms with Crippen molar-refractivity contribution in [1.29, 1.82) is 0 Å². The predicted molar refractivity (Wildman–Crippen MR) is 65.4 cm³/mol. The van der Waals surface area contributed by atoms with Crippen molar-refractivity contribution in [3.8, 4) is 0 Å². The number of allylic oxidation sites excluding steroid dienone is 2. The molecule has 0 spiro atoms. The number of rotatable bonds is 2. The van der Waals surface area contributed by atoms with Crippen LogP contribution in [0.2, 0.25) is 0 Å². The van der Waals surface area contributed by atoms with Crippen molar-refractivity contribution in [3.63, 3.8) is 0 Å². The van der Waals surface area contributed by atoms with Gasteiger partial charge in [-0.25, -0.2) is 0 Å². The molecule has 0 radical (unpaired) electrons. The Morgan fingerprint density at radius 2 is 2.06 bits per heavy atom. The van der Waals surface area contributed by atoms with Crippen LogP contribution in [0, 0.1) is 11.8 Å². The number of aliphatic hydroxyl groups excluding tert-OH is 1. The first-order chi connectivity index (χ1) is 8.16. The zero-order valence-corrected chi connectivity index (χ0v) is 10.5. The summed E-state index contributed by atoms with van der Waals surface area (Å²) in [5.74, 6) is 1.03. The number of esters is 1. The van der Waals surface area contributed by atoms with E-state index in [2.05, 4.69) is 12.2 Å². The van der Waals surface area contributed by atoms with Crippen LogP contribution in [0.4, 0.5) is 0 Å². The highest BCUT2D eigenvalue weighted by molar-refractivity contribution is 5.66. The van der Waals surface area contributed by atoms with Gasteiger partial charge >= 0.3 is 5.97 Å². The van der Waals surface area contributed by atoms with Gasteiger partial charge in [0.15, 0.2) is 0 Å². The van der Waals surface area contributed by atoms with Gasteiger partial charge in [-0.3, -0.25) is 4.79 Å². The molecule has 96 valence electrons. The SMILES string of the molecule is CC(=O)OC1CCC(C2CC=CCC2)CC1O. The van der Waals surface area contributed by atoms with Gasteiger partial charge in [-0.1, -0.05) is 12.2 Å². The molecular formula is C14H22O3. The summed E-state index contributed by atoms with van der Waals surface area (Å²) in [4.78, 5) is 10.9. The summed E-state index contributed by atoms with van der Waals surface area (Å²) >= 11 is 0. The van der Waals surface area contributed by atoms with E-state index in [1.165, 1.54) is 19.8 Å². The predicted octanol–water partition coefficient (Wildman–Crippen LogP) is 2.44. The standard InChI is InChI=1S/C14H22O3/c1-10(15)17-14-8-7-12(9-13(14)16)11-5-3-2-4-6-11/h2-3,11-14,16H,4-9H2,1H3. The molecule has 2 rings (SSSR count). The van der Waals surface area contributed by atoms with Crippen LogP contribution in [-0.4, -0.2) is 23.3 Å². The molecule has 0 aromatic carbocycles. The van der Waals surface area contributed by atoms with E-state index in [9.17, 15) is 9.90 Å². The minimum absolute atomic E-state index is 0.275. The second kappa shape index (κ2) is 5.67. The van der Waals surface area contributed by atoms with Crippen LogP contribution >= 0.6 is 0 Å². The number of aliphatic hydroxyl groups is 1. The number of carbonyl (C=O) groups is 1. The van der Waals surface area contributed by atoms with Crippen LogP contribution in [0.3, 0.4) is 0 Å². The van der Waals surface area contributed by atoms with Crippen molar-refractivity contribution in [1.82, 2.24) is 0 Å². The van der Waals surface area contributed by atoms with Gasteiger partial charge in [0.1, 0.15) is 6.10 Å². The fraction of sp³-hybridized carbons (Fsp3) is 0.786. The van der Waals surface area contributed by atoms with Gasteiger partial charge in [-0.2, -0.15) is 0 Å². The van der Waals surface area contributed by atoms with Crippen LogP contribution in [0.15, 0.2) is 12.2 Å². The minimum atomic E-state index is -0.469. The summed E-state index contributed by atoms with van der Waals surface area (Å²) in [6, 6.07) is 0. The van der Waals surface area contributed by atoms with Crippen LogP contribution in [0.5, 0.6) is 0 Å². The highest BCUT2D eigenvalue weighted by Gasteiger charge is 2.34. The van der Waals surface area contributed by atoms with Crippen molar-refractivity contribution in [2.45, 2.75) is 57.7 Å². The maximum absolute atomic E-state index is 10.9. The molecule has 0 aromatic heterocycles. The van der Waals surface area contributed by atoms with Gasteiger partial charge in [-0.15, -0.1) is 0 Å². The minimum Gasteiger partial charge on any atom is -0.460 e. The van der Waals surface area contributed by atoms with Gasteiger partial charge < -0.3 is 9.84 Å². The molecule has 3 heteroatoms. The normalized spacial score (nSPS) is 37.8. The molecule has 4 atom stereocenters. The van der Waals surface area contributed by atoms with Crippen molar-refractivity contribution in [2.24, 2.45) is 11.8 Å². The Bertz CT molecular complexity index is 298. The quantitative estimate of drug-likeness (QED) is 0.593. The van der Waals surface area contributed by atoms with E-state index in [-0.39, 0.29) is 12.1 Å². The molecule has 17 heavy (non-hydrogen) atoms. The highest BCUT2D eigenvalue weighted by Crippen LogP contribution is 2.37. The lowest BCUT2D eigenvalue weighted by Crippen LogP contribution is -2.39. The molecule has 1 N–H and O–H groups in total. The first-order valence-corrected chi connectivity index (χ1v) is 6.67. The maximum atomic E-state index is 10.9. The van der Waals surface area contributed by atoms with Crippen molar-refractivity contribution < 1.29 is 14.6 Å². The van der Waals surface area contributed by atoms with Crippen LogP contribution < -0.4 is 0 Å². The maximum Gasteiger partial charge on any atom is 0.302 e. The zero-order chi connectivity index (χ0) is 12.3. The second-order valence-electron chi connectivity index (χ2n) is 5.33. The van der Waals surface area contributed by atoms with Crippen molar-refractivity contribution >= 4 is 5.97 Å². The molecule has 0 saturated heterocycles. The summed E-state index contributed by atoms with van der Waals surface area (Å²) in [5, 5.41) is 10.0. The molecule has 0 aliphatic heterocycles. The molecule has 0 amide bonds.